The Kier molecular flexibility index (Phi) is 6.41. The van der Waals surface area contributed by atoms with Gasteiger partial charge in [-0.15, -0.1) is 0 Å². The zero-order valence-corrected chi connectivity index (χ0v) is 22.1. The number of aliphatic hydroxyl groups excluding tert-OH is 1. The van der Waals surface area contributed by atoms with E-state index in [0.29, 0.717) is 45.2 Å². The van der Waals surface area contributed by atoms with Crippen LogP contribution in [0.5, 0.6) is 11.5 Å². The Morgan fingerprint density at radius 2 is 1.65 bits per heavy atom. The van der Waals surface area contributed by atoms with E-state index in [4.69, 9.17) is 19.6 Å². The standard InChI is InChI=1S/C31H25N5O4/c1-18-24(17-37)29(23-14-26(39-2)27(40-3)15-25(23)34-18)19-10-12-33-28(13-19)36-31(38)22-9-5-4-8-21(22)30(35-36)20-7-6-11-32-16-20/h4-16,37H,17H2,1-3H3. The summed E-state index contributed by atoms with van der Waals surface area (Å²) < 4.78 is 12.4. The third-order valence-electron chi connectivity index (χ3n) is 6.95. The van der Waals surface area contributed by atoms with Crippen LogP contribution in [0.15, 0.2) is 84.0 Å². The van der Waals surface area contributed by atoms with Gasteiger partial charge in [0, 0.05) is 52.3 Å². The van der Waals surface area contributed by atoms with E-state index >= 15 is 0 Å². The van der Waals surface area contributed by atoms with Crippen LogP contribution >= 0.6 is 0 Å². The van der Waals surface area contributed by atoms with Gasteiger partial charge in [-0.2, -0.15) is 9.78 Å². The van der Waals surface area contributed by atoms with Gasteiger partial charge in [-0.1, -0.05) is 18.2 Å². The van der Waals surface area contributed by atoms with Crippen molar-refractivity contribution >= 4 is 21.7 Å². The van der Waals surface area contributed by atoms with E-state index in [2.05, 4.69) is 9.97 Å². The molecule has 9 heteroatoms. The largest absolute Gasteiger partial charge is 0.493 e. The Morgan fingerprint density at radius 1 is 0.875 bits per heavy atom. The minimum absolute atomic E-state index is 0.227. The van der Waals surface area contributed by atoms with Crippen molar-refractivity contribution in [2.24, 2.45) is 0 Å². The van der Waals surface area contributed by atoms with Crippen LogP contribution in [-0.4, -0.2) is 44.1 Å². The number of rotatable bonds is 6. The highest BCUT2D eigenvalue weighted by molar-refractivity contribution is 5.99. The number of methoxy groups -OCH3 is 2. The molecule has 0 amide bonds. The van der Waals surface area contributed by atoms with Crippen LogP contribution in [0.1, 0.15) is 11.3 Å². The van der Waals surface area contributed by atoms with Crippen molar-refractivity contribution in [2.45, 2.75) is 13.5 Å². The van der Waals surface area contributed by atoms with E-state index < -0.39 is 0 Å². The van der Waals surface area contributed by atoms with Crippen molar-refractivity contribution in [3.05, 3.63) is 101 Å². The van der Waals surface area contributed by atoms with Gasteiger partial charge in [-0.05, 0) is 54.4 Å². The summed E-state index contributed by atoms with van der Waals surface area (Å²) >= 11 is 0. The first-order valence-electron chi connectivity index (χ1n) is 12.6. The van der Waals surface area contributed by atoms with Gasteiger partial charge in [0.05, 0.1) is 31.7 Å². The van der Waals surface area contributed by atoms with Crippen molar-refractivity contribution in [1.82, 2.24) is 24.7 Å². The van der Waals surface area contributed by atoms with E-state index in [1.54, 1.807) is 44.9 Å². The maximum Gasteiger partial charge on any atom is 0.280 e. The number of ether oxygens (including phenoxy) is 2. The number of fused-ring (bicyclic) bond motifs is 2. The fraction of sp³-hybridized carbons (Fsp3) is 0.129. The number of nitrogens with zero attached hydrogens (tertiary/aromatic N) is 5. The first-order valence-corrected chi connectivity index (χ1v) is 12.6. The number of benzene rings is 2. The third-order valence-corrected chi connectivity index (χ3v) is 6.95. The first kappa shape index (κ1) is 25.1. The normalized spacial score (nSPS) is 11.2. The van der Waals surface area contributed by atoms with E-state index in [0.717, 1.165) is 27.5 Å². The maximum absolute atomic E-state index is 13.7. The summed E-state index contributed by atoms with van der Waals surface area (Å²) in [6, 6.07) is 18.4. The van der Waals surface area contributed by atoms with E-state index in [9.17, 15) is 9.90 Å². The topological polar surface area (TPSA) is 112 Å². The summed E-state index contributed by atoms with van der Waals surface area (Å²) in [7, 11) is 3.14. The van der Waals surface area contributed by atoms with Crippen molar-refractivity contribution in [3.8, 4) is 39.7 Å². The number of hydrogen-bond acceptors (Lipinski definition) is 8. The Labute approximate surface area is 229 Å². The molecule has 0 aliphatic heterocycles. The number of pyridine rings is 3. The monoisotopic (exact) mass is 531 g/mol. The second-order valence-electron chi connectivity index (χ2n) is 9.19. The van der Waals surface area contributed by atoms with Crippen LogP contribution in [0.25, 0.3) is 49.9 Å². The predicted octanol–water partition coefficient (Wildman–Crippen LogP) is 4.88. The summed E-state index contributed by atoms with van der Waals surface area (Å²) in [4.78, 5) is 27.1. The predicted molar refractivity (Wildman–Crippen MR) is 153 cm³/mol. The van der Waals surface area contributed by atoms with Crippen molar-refractivity contribution in [2.75, 3.05) is 14.2 Å². The molecule has 1 N–H and O–H groups in total. The first-order chi connectivity index (χ1) is 19.5. The number of hydrogen-bond donors (Lipinski definition) is 1. The summed E-state index contributed by atoms with van der Waals surface area (Å²) in [6.07, 6.45) is 5.03. The van der Waals surface area contributed by atoms with Crippen LogP contribution in [0.2, 0.25) is 0 Å². The lowest BCUT2D eigenvalue weighted by molar-refractivity contribution is 0.281. The average Bonchev–Trinajstić information content (AvgIpc) is 3.00. The van der Waals surface area contributed by atoms with Crippen molar-refractivity contribution < 1.29 is 14.6 Å². The Balaban J connectivity index is 1.62. The van der Waals surface area contributed by atoms with Gasteiger partial charge in [-0.25, -0.2) is 4.98 Å². The highest BCUT2D eigenvalue weighted by atomic mass is 16.5. The SMILES string of the molecule is COc1cc2nc(C)c(CO)c(-c3ccnc(-n4nc(-c5cccnc5)c5ccccc5c4=O)c3)c2cc1OC. The van der Waals surface area contributed by atoms with E-state index in [1.807, 2.05) is 55.5 Å². The van der Waals surface area contributed by atoms with Crippen LogP contribution in [-0.2, 0) is 6.61 Å². The van der Waals surface area contributed by atoms with Crippen LogP contribution in [0.3, 0.4) is 0 Å². The van der Waals surface area contributed by atoms with Gasteiger partial charge < -0.3 is 14.6 Å². The molecule has 198 valence electrons. The number of aryl methyl sites for hydroxylation is 1. The zero-order valence-electron chi connectivity index (χ0n) is 22.1. The van der Waals surface area contributed by atoms with E-state index in [-0.39, 0.29) is 12.2 Å². The molecule has 0 aliphatic carbocycles. The average molecular weight is 532 g/mol. The lowest BCUT2D eigenvalue weighted by atomic mass is 9.95. The minimum Gasteiger partial charge on any atom is -0.493 e. The third kappa shape index (κ3) is 4.13. The van der Waals surface area contributed by atoms with Crippen LogP contribution in [0, 0.1) is 6.92 Å². The summed E-state index contributed by atoms with van der Waals surface area (Å²) in [5.74, 6) is 1.42. The second kappa shape index (κ2) is 10.2. The molecular formula is C31H25N5O4. The molecule has 0 spiro atoms. The Morgan fingerprint density at radius 3 is 2.38 bits per heavy atom. The molecule has 40 heavy (non-hydrogen) atoms. The molecule has 4 aromatic heterocycles. The van der Waals surface area contributed by atoms with Gasteiger partial charge in [0.15, 0.2) is 17.3 Å². The number of aromatic nitrogens is 5. The van der Waals surface area contributed by atoms with Crippen molar-refractivity contribution in [1.29, 1.82) is 0 Å². The summed E-state index contributed by atoms with van der Waals surface area (Å²) in [5.41, 5.74) is 4.62. The molecular weight excluding hydrogens is 506 g/mol. The molecule has 9 nitrogen and oxygen atoms in total. The lowest BCUT2D eigenvalue weighted by Crippen LogP contribution is -2.23. The smallest absolute Gasteiger partial charge is 0.280 e. The molecule has 0 saturated carbocycles. The summed E-state index contributed by atoms with van der Waals surface area (Å²) in [5, 5.41) is 17.1. The highest BCUT2D eigenvalue weighted by Gasteiger charge is 2.19. The molecule has 4 heterocycles. The molecule has 6 rings (SSSR count). The summed E-state index contributed by atoms with van der Waals surface area (Å²) in [6.45, 7) is 1.62. The molecule has 0 fully saturated rings. The molecule has 0 aliphatic rings. The molecule has 0 bridgehead atoms. The fourth-order valence-corrected chi connectivity index (χ4v) is 5.03. The van der Waals surface area contributed by atoms with Gasteiger partial charge in [-0.3, -0.25) is 14.8 Å². The Bertz CT molecular complexity index is 1950. The molecule has 2 aromatic carbocycles. The second-order valence-corrected chi connectivity index (χ2v) is 9.19. The lowest BCUT2D eigenvalue weighted by Gasteiger charge is -2.17. The van der Waals surface area contributed by atoms with Gasteiger partial charge in [0.25, 0.3) is 5.56 Å². The minimum atomic E-state index is -0.294. The van der Waals surface area contributed by atoms with Crippen LogP contribution in [0.4, 0.5) is 0 Å². The highest BCUT2D eigenvalue weighted by Crippen LogP contribution is 2.39. The van der Waals surface area contributed by atoms with Gasteiger partial charge in [0.2, 0.25) is 0 Å². The molecule has 0 radical (unpaired) electrons. The Hall–Kier alpha value is -5.15. The van der Waals surface area contributed by atoms with Gasteiger partial charge >= 0.3 is 0 Å². The molecule has 0 unspecified atom stereocenters. The molecule has 6 aromatic rings. The number of aliphatic hydroxyl groups is 1. The molecule has 0 atom stereocenters. The maximum atomic E-state index is 13.7. The van der Waals surface area contributed by atoms with Crippen LogP contribution < -0.4 is 15.0 Å². The fourth-order valence-electron chi connectivity index (χ4n) is 5.03. The molecule has 0 saturated heterocycles. The van der Waals surface area contributed by atoms with E-state index in [1.165, 1.54) is 4.68 Å². The quantitative estimate of drug-likeness (QED) is 0.324. The zero-order chi connectivity index (χ0) is 27.8. The van der Waals surface area contributed by atoms with Gasteiger partial charge in [0.1, 0.15) is 5.69 Å². The van der Waals surface area contributed by atoms with Crippen molar-refractivity contribution in [3.63, 3.8) is 0 Å².